The summed E-state index contributed by atoms with van der Waals surface area (Å²) < 4.78 is 60.2. The van der Waals surface area contributed by atoms with Gasteiger partial charge in [-0.3, -0.25) is 9.59 Å². The third-order valence-corrected chi connectivity index (χ3v) is 5.79. The molecular weight excluding hydrogens is 470 g/mol. The monoisotopic (exact) mass is 487 g/mol. The standard InChI is InChI=1S/C23H17F4N5O3/c24-23(25,26)16-6-2-1-5-14(16)21(33)31-11-9-30(10-12-31)19-13-15-20(29-28-19)35-18-8-4-3-7-17(18)32(27)22(15)34/h1-8,13H,9-12H2. The van der Waals surface area contributed by atoms with Crippen molar-refractivity contribution < 1.29 is 32.0 Å². The zero-order chi connectivity index (χ0) is 24.7. The van der Waals surface area contributed by atoms with Crippen LogP contribution >= 0.6 is 0 Å². The minimum atomic E-state index is -4.65. The van der Waals surface area contributed by atoms with Crippen LogP contribution in [0, 0.1) is 0 Å². The van der Waals surface area contributed by atoms with Crippen LogP contribution in [0.25, 0.3) is 0 Å². The van der Waals surface area contributed by atoms with Gasteiger partial charge >= 0.3 is 6.18 Å². The van der Waals surface area contributed by atoms with Crippen molar-refractivity contribution in [2.75, 3.05) is 36.2 Å². The number of halogens is 4. The SMILES string of the molecule is O=C(c1ccccc1C(F)(F)F)N1CCN(c2cc3c(nn2)Oc2ccccc2N(F)C3=O)CC1. The molecule has 0 N–H and O–H groups in total. The molecule has 5 rings (SSSR count). The van der Waals surface area contributed by atoms with Gasteiger partial charge in [-0.05, 0) is 24.3 Å². The van der Waals surface area contributed by atoms with Gasteiger partial charge in [-0.1, -0.05) is 28.7 Å². The fraction of sp³-hybridized carbons (Fsp3) is 0.217. The Balaban J connectivity index is 1.33. The first-order chi connectivity index (χ1) is 16.7. The summed E-state index contributed by atoms with van der Waals surface area (Å²) in [6, 6.07) is 12.1. The van der Waals surface area contributed by atoms with Crippen LogP contribution in [0.2, 0.25) is 0 Å². The number of fused-ring (bicyclic) bond motifs is 2. The van der Waals surface area contributed by atoms with Gasteiger partial charge < -0.3 is 14.5 Å². The van der Waals surface area contributed by atoms with Crippen molar-refractivity contribution in [1.82, 2.24) is 15.1 Å². The van der Waals surface area contributed by atoms with Crippen LogP contribution < -0.4 is 14.8 Å². The maximum Gasteiger partial charge on any atom is 0.417 e. The highest BCUT2D eigenvalue weighted by Gasteiger charge is 2.37. The highest BCUT2D eigenvalue weighted by atomic mass is 19.4. The van der Waals surface area contributed by atoms with E-state index >= 15 is 0 Å². The predicted octanol–water partition coefficient (Wildman–Crippen LogP) is 4.09. The van der Waals surface area contributed by atoms with Crippen molar-refractivity contribution in [3.8, 4) is 11.6 Å². The number of aromatic nitrogens is 2. The van der Waals surface area contributed by atoms with Crippen LogP contribution in [-0.2, 0) is 6.18 Å². The number of ether oxygens (including phenoxy) is 1. The van der Waals surface area contributed by atoms with E-state index < -0.39 is 29.1 Å². The number of carbonyl (C=O) groups excluding carboxylic acids is 2. The Hall–Kier alpha value is -4.22. The van der Waals surface area contributed by atoms with Crippen molar-refractivity contribution in [2.24, 2.45) is 0 Å². The lowest BCUT2D eigenvalue weighted by Gasteiger charge is -2.35. The number of para-hydroxylation sites is 2. The molecule has 0 atom stereocenters. The summed E-state index contributed by atoms with van der Waals surface area (Å²) in [5.41, 5.74) is -1.60. The molecule has 1 saturated heterocycles. The van der Waals surface area contributed by atoms with Crippen LogP contribution in [-0.4, -0.2) is 53.1 Å². The lowest BCUT2D eigenvalue weighted by Crippen LogP contribution is -2.49. The van der Waals surface area contributed by atoms with Crippen LogP contribution in [0.5, 0.6) is 11.6 Å². The first-order valence-electron chi connectivity index (χ1n) is 10.6. The molecule has 0 saturated carbocycles. The number of hydrogen-bond acceptors (Lipinski definition) is 6. The van der Waals surface area contributed by atoms with Crippen molar-refractivity contribution in [1.29, 1.82) is 0 Å². The number of benzene rings is 2. The molecule has 2 aromatic carbocycles. The number of piperazine rings is 1. The summed E-state index contributed by atoms with van der Waals surface area (Å²) in [6.45, 7) is 0.688. The van der Waals surface area contributed by atoms with E-state index in [0.29, 0.717) is 0 Å². The second-order valence-corrected chi connectivity index (χ2v) is 7.90. The number of rotatable bonds is 2. The molecule has 8 nitrogen and oxygen atoms in total. The Labute approximate surface area is 196 Å². The van der Waals surface area contributed by atoms with Gasteiger partial charge in [-0.15, -0.1) is 15.3 Å². The van der Waals surface area contributed by atoms with Gasteiger partial charge in [-0.2, -0.15) is 13.2 Å². The fourth-order valence-electron chi connectivity index (χ4n) is 4.00. The molecule has 2 aliphatic heterocycles. The fourth-order valence-corrected chi connectivity index (χ4v) is 4.00. The maximum absolute atomic E-state index is 14.7. The average molecular weight is 487 g/mol. The van der Waals surface area contributed by atoms with Gasteiger partial charge in [-0.25, -0.2) is 0 Å². The van der Waals surface area contributed by atoms with Gasteiger partial charge in [0, 0.05) is 32.2 Å². The molecule has 3 heterocycles. The number of hydrogen-bond donors (Lipinski definition) is 0. The van der Waals surface area contributed by atoms with Crippen molar-refractivity contribution in [3.05, 3.63) is 71.3 Å². The topological polar surface area (TPSA) is 78.9 Å². The normalized spacial score (nSPS) is 15.8. The lowest BCUT2D eigenvalue weighted by atomic mass is 10.1. The Morgan fingerprint density at radius 2 is 1.63 bits per heavy atom. The number of carbonyl (C=O) groups is 2. The number of nitrogens with zero attached hydrogens (tertiary/aromatic N) is 5. The predicted molar refractivity (Wildman–Crippen MR) is 116 cm³/mol. The van der Waals surface area contributed by atoms with Crippen LogP contribution in [0.1, 0.15) is 26.3 Å². The zero-order valence-electron chi connectivity index (χ0n) is 18.0. The van der Waals surface area contributed by atoms with Gasteiger partial charge in [0.2, 0.25) is 0 Å². The first-order valence-corrected chi connectivity index (χ1v) is 10.6. The summed E-state index contributed by atoms with van der Waals surface area (Å²) in [6.07, 6.45) is -4.65. The molecule has 0 aliphatic carbocycles. The van der Waals surface area contributed by atoms with Gasteiger partial charge in [0.1, 0.15) is 11.3 Å². The maximum atomic E-state index is 14.7. The summed E-state index contributed by atoms with van der Waals surface area (Å²) in [5, 5.41) is 7.99. The van der Waals surface area contributed by atoms with Crippen molar-refractivity contribution >= 4 is 23.3 Å². The minimum Gasteiger partial charge on any atom is -0.435 e. The first kappa shape index (κ1) is 22.6. The quantitative estimate of drug-likeness (QED) is 0.400. The number of alkyl halides is 3. The molecular formula is C23H17F4N5O3. The molecule has 35 heavy (non-hydrogen) atoms. The average Bonchev–Trinajstić information content (AvgIpc) is 2.97. The summed E-state index contributed by atoms with van der Waals surface area (Å²) in [5.74, 6) is -1.49. The van der Waals surface area contributed by atoms with E-state index in [1.54, 1.807) is 17.0 Å². The van der Waals surface area contributed by atoms with E-state index in [1.807, 2.05) is 0 Å². The minimum absolute atomic E-state index is 0.0265. The summed E-state index contributed by atoms with van der Waals surface area (Å²) in [4.78, 5) is 28.5. The van der Waals surface area contributed by atoms with E-state index in [2.05, 4.69) is 10.2 Å². The highest BCUT2D eigenvalue weighted by Crippen LogP contribution is 2.38. The molecule has 12 heteroatoms. The molecule has 0 radical (unpaired) electrons. The van der Waals surface area contributed by atoms with Crippen LogP contribution in [0.15, 0.2) is 54.6 Å². The Kier molecular flexibility index (Phi) is 5.50. The number of amides is 2. The molecule has 1 aromatic heterocycles. The molecule has 0 spiro atoms. The van der Waals surface area contributed by atoms with E-state index in [-0.39, 0.29) is 60.0 Å². The van der Waals surface area contributed by atoms with Crippen LogP contribution in [0.4, 0.5) is 29.2 Å². The second-order valence-electron chi connectivity index (χ2n) is 7.90. The molecule has 2 amide bonds. The lowest BCUT2D eigenvalue weighted by molar-refractivity contribution is -0.138. The van der Waals surface area contributed by atoms with Gasteiger partial charge in [0.05, 0.1) is 11.1 Å². The molecule has 1 fully saturated rings. The van der Waals surface area contributed by atoms with Crippen molar-refractivity contribution in [3.63, 3.8) is 0 Å². The van der Waals surface area contributed by atoms with Gasteiger partial charge in [0.15, 0.2) is 11.6 Å². The van der Waals surface area contributed by atoms with E-state index in [0.717, 1.165) is 12.1 Å². The Morgan fingerprint density at radius 3 is 2.37 bits per heavy atom. The Morgan fingerprint density at radius 1 is 0.943 bits per heavy atom. The molecule has 3 aromatic rings. The molecule has 180 valence electrons. The second kappa shape index (κ2) is 8.53. The highest BCUT2D eigenvalue weighted by molar-refractivity contribution is 6.08. The van der Waals surface area contributed by atoms with Crippen LogP contribution in [0.3, 0.4) is 0 Å². The zero-order valence-corrected chi connectivity index (χ0v) is 18.0. The van der Waals surface area contributed by atoms with E-state index in [9.17, 15) is 27.2 Å². The van der Waals surface area contributed by atoms with Gasteiger partial charge in [0.25, 0.3) is 17.7 Å². The number of anilines is 2. The largest absolute Gasteiger partial charge is 0.435 e. The Bertz CT molecular complexity index is 1310. The summed E-state index contributed by atoms with van der Waals surface area (Å²) >= 11 is 0. The summed E-state index contributed by atoms with van der Waals surface area (Å²) in [7, 11) is 0. The smallest absolute Gasteiger partial charge is 0.417 e. The molecule has 2 aliphatic rings. The van der Waals surface area contributed by atoms with E-state index in [4.69, 9.17) is 4.74 Å². The van der Waals surface area contributed by atoms with Crippen molar-refractivity contribution in [2.45, 2.75) is 6.18 Å². The molecule has 0 unspecified atom stereocenters. The third kappa shape index (κ3) is 4.11. The van der Waals surface area contributed by atoms with E-state index in [1.165, 1.54) is 35.2 Å². The third-order valence-electron chi connectivity index (χ3n) is 5.79. The molecule has 0 bridgehead atoms.